The number of rotatable bonds is 6. The highest BCUT2D eigenvalue weighted by atomic mass is 19.3. The van der Waals surface area contributed by atoms with Crippen molar-refractivity contribution in [1.29, 1.82) is 0 Å². The van der Waals surface area contributed by atoms with E-state index < -0.39 is 24.7 Å². The number of fused-ring (bicyclic) bond motifs is 1. The maximum Gasteiger partial charge on any atom is 0.407 e. The standard InChI is InChI=1S/C20H22F2N6O5/c1-10(2)26-19(29)33-14-7-28(8-20(14,21)22)15-11-5-13(32-16(11)25-9-24-15)12-6-23-18(31-4)27-17(12)30-3/h5-6,9-10,14H,7-8H2,1-4H3,(H,26,29). The quantitative estimate of drug-likeness (QED) is 0.582. The summed E-state index contributed by atoms with van der Waals surface area (Å²) < 4.78 is 50.3. The van der Waals surface area contributed by atoms with E-state index in [9.17, 15) is 13.6 Å². The first-order valence-corrected chi connectivity index (χ1v) is 10.0. The Morgan fingerprint density at radius 3 is 2.76 bits per heavy atom. The number of carbonyl (C=O) groups excluding carboxylic acids is 1. The summed E-state index contributed by atoms with van der Waals surface area (Å²) in [6.45, 7) is 2.48. The van der Waals surface area contributed by atoms with E-state index in [1.807, 2.05) is 0 Å². The molecule has 1 atom stereocenters. The van der Waals surface area contributed by atoms with Gasteiger partial charge in [-0.25, -0.2) is 28.5 Å². The van der Waals surface area contributed by atoms with Crippen LogP contribution in [0.2, 0.25) is 0 Å². The molecule has 11 nitrogen and oxygen atoms in total. The first-order chi connectivity index (χ1) is 15.7. The lowest BCUT2D eigenvalue weighted by atomic mass is 10.2. The lowest BCUT2D eigenvalue weighted by Crippen LogP contribution is -2.40. The molecule has 0 spiro atoms. The topological polar surface area (TPSA) is 125 Å². The van der Waals surface area contributed by atoms with Gasteiger partial charge >= 0.3 is 18.0 Å². The smallest absolute Gasteiger partial charge is 0.407 e. The number of nitrogens with one attached hydrogen (secondary N) is 1. The maximum absolute atomic E-state index is 14.6. The van der Waals surface area contributed by atoms with E-state index >= 15 is 0 Å². The molecule has 3 aromatic rings. The fraction of sp³-hybridized carbons (Fsp3) is 0.450. The van der Waals surface area contributed by atoms with Crippen molar-refractivity contribution in [3.05, 3.63) is 18.6 Å². The van der Waals surface area contributed by atoms with Crippen LogP contribution in [0.3, 0.4) is 0 Å². The number of aromatic nitrogens is 4. The summed E-state index contributed by atoms with van der Waals surface area (Å²) in [6, 6.07) is 1.46. The number of anilines is 1. The minimum atomic E-state index is -3.27. The fourth-order valence-electron chi connectivity index (χ4n) is 3.44. The molecule has 0 bridgehead atoms. The molecule has 0 radical (unpaired) electrons. The molecule has 176 valence electrons. The Bertz CT molecular complexity index is 1170. The van der Waals surface area contributed by atoms with Gasteiger partial charge in [0.05, 0.1) is 38.3 Å². The molecule has 33 heavy (non-hydrogen) atoms. The van der Waals surface area contributed by atoms with Crippen molar-refractivity contribution in [3.63, 3.8) is 0 Å². The van der Waals surface area contributed by atoms with Crippen molar-refractivity contribution < 1.29 is 32.2 Å². The number of alkyl halides is 2. The van der Waals surface area contributed by atoms with Gasteiger partial charge in [-0.2, -0.15) is 4.98 Å². The Kier molecular flexibility index (Phi) is 5.87. The number of alkyl carbamates (subject to hydrolysis) is 1. The van der Waals surface area contributed by atoms with Crippen LogP contribution in [-0.2, 0) is 4.74 Å². The number of ether oxygens (including phenoxy) is 3. The van der Waals surface area contributed by atoms with Crippen molar-refractivity contribution in [3.8, 4) is 23.2 Å². The van der Waals surface area contributed by atoms with Gasteiger partial charge in [-0.05, 0) is 19.9 Å². The minimum Gasteiger partial charge on any atom is -0.480 e. The molecule has 1 N–H and O–H groups in total. The predicted molar refractivity (Wildman–Crippen MR) is 112 cm³/mol. The lowest BCUT2D eigenvalue weighted by Gasteiger charge is -2.18. The van der Waals surface area contributed by atoms with Crippen LogP contribution in [0, 0.1) is 0 Å². The third-order valence-corrected chi connectivity index (χ3v) is 4.90. The minimum absolute atomic E-state index is 0.110. The van der Waals surface area contributed by atoms with Crippen LogP contribution >= 0.6 is 0 Å². The van der Waals surface area contributed by atoms with Gasteiger partial charge in [0.15, 0.2) is 6.10 Å². The van der Waals surface area contributed by atoms with E-state index in [1.54, 1.807) is 19.9 Å². The summed E-state index contributed by atoms with van der Waals surface area (Å²) in [5.41, 5.74) is 0.596. The number of amides is 1. The van der Waals surface area contributed by atoms with Crippen LogP contribution in [0.15, 0.2) is 23.0 Å². The molecule has 1 unspecified atom stereocenters. The fourth-order valence-corrected chi connectivity index (χ4v) is 3.44. The number of hydrogen-bond acceptors (Lipinski definition) is 10. The van der Waals surface area contributed by atoms with Crippen molar-refractivity contribution in [2.45, 2.75) is 31.9 Å². The van der Waals surface area contributed by atoms with Gasteiger partial charge in [-0.3, -0.25) is 0 Å². The van der Waals surface area contributed by atoms with E-state index in [4.69, 9.17) is 18.6 Å². The van der Waals surface area contributed by atoms with Crippen LogP contribution < -0.4 is 19.7 Å². The Labute approximate surface area is 187 Å². The highest BCUT2D eigenvalue weighted by Crippen LogP contribution is 2.38. The summed E-state index contributed by atoms with van der Waals surface area (Å²) in [5.74, 6) is -2.54. The third kappa shape index (κ3) is 4.43. The van der Waals surface area contributed by atoms with Crippen molar-refractivity contribution in [1.82, 2.24) is 25.3 Å². The SMILES string of the molecule is COc1ncc(-c2cc3c(N4CC(OC(=O)NC(C)C)C(F)(F)C4)ncnc3o2)c(OC)n1. The molecule has 1 fully saturated rings. The molecule has 1 aliphatic heterocycles. The average molecular weight is 464 g/mol. The van der Waals surface area contributed by atoms with Crippen LogP contribution in [-0.4, -0.2) is 71.4 Å². The van der Waals surface area contributed by atoms with Gasteiger partial charge in [-0.15, -0.1) is 0 Å². The van der Waals surface area contributed by atoms with Crippen LogP contribution in [0.25, 0.3) is 22.4 Å². The van der Waals surface area contributed by atoms with E-state index in [2.05, 4.69) is 25.3 Å². The van der Waals surface area contributed by atoms with Gasteiger partial charge in [0, 0.05) is 12.2 Å². The summed E-state index contributed by atoms with van der Waals surface area (Å²) in [4.78, 5) is 29.6. The van der Waals surface area contributed by atoms with E-state index in [0.29, 0.717) is 16.7 Å². The van der Waals surface area contributed by atoms with E-state index in [-0.39, 0.29) is 36.0 Å². The second-order valence-electron chi connectivity index (χ2n) is 7.64. The molecule has 1 amide bonds. The monoisotopic (exact) mass is 464 g/mol. The summed E-state index contributed by atoms with van der Waals surface area (Å²) in [5, 5.41) is 2.84. The highest BCUT2D eigenvalue weighted by Gasteiger charge is 2.51. The number of methoxy groups -OCH3 is 2. The normalized spacial score (nSPS) is 17.4. The Morgan fingerprint density at radius 1 is 1.27 bits per heavy atom. The van der Waals surface area contributed by atoms with Gasteiger partial charge in [0.25, 0.3) is 0 Å². The molecule has 3 aromatic heterocycles. The zero-order valence-corrected chi connectivity index (χ0v) is 18.3. The molecule has 13 heteroatoms. The summed E-state index contributed by atoms with van der Waals surface area (Å²) >= 11 is 0. The van der Waals surface area contributed by atoms with E-state index in [1.165, 1.54) is 31.6 Å². The summed E-state index contributed by atoms with van der Waals surface area (Å²) in [6.07, 6.45) is 0.130. The van der Waals surface area contributed by atoms with Crippen LogP contribution in [0.1, 0.15) is 13.8 Å². The van der Waals surface area contributed by atoms with Crippen molar-refractivity contribution in [2.75, 3.05) is 32.2 Å². The molecule has 1 aliphatic rings. The zero-order valence-electron chi connectivity index (χ0n) is 18.3. The van der Waals surface area contributed by atoms with Gasteiger partial charge in [-0.1, -0.05) is 0 Å². The predicted octanol–water partition coefficient (Wildman–Crippen LogP) is 2.66. The molecule has 0 aromatic carbocycles. The molecule has 4 heterocycles. The third-order valence-electron chi connectivity index (χ3n) is 4.90. The first-order valence-electron chi connectivity index (χ1n) is 10.0. The zero-order chi connectivity index (χ0) is 23.8. The number of nitrogens with zero attached hydrogens (tertiary/aromatic N) is 5. The van der Waals surface area contributed by atoms with Crippen molar-refractivity contribution in [2.24, 2.45) is 0 Å². The highest BCUT2D eigenvalue weighted by molar-refractivity contribution is 5.90. The number of hydrogen-bond donors (Lipinski definition) is 1. The lowest BCUT2D eigenvalue weighted by molar-refractivity contribution is -0.0765. The molecule has 0 saturated carbocycles. The van der Waals surface area contributed by atoms with Crippen LogP contribution in [0.5, 0.6) is 11.9 Å². The van der Waals surface area contributed by atoms with Gasteiger partial charge in [0.2, 0.25) is 11.6 Å². The maximum atomic E-state index is 14.6. The summed E-state index contributed by atoms with van der Waals surface area (Å²) in [7, 11) is 2.85. The molecule has 0 aliphatic carbocycles. The average Bonchev–Trinajstić information content (AvgIpc) is 3.33. The second kappa shape index (κ2) is 8.64. The number of halogens is 2. The van der Waals surface area contributed by atoms with Gasteiger partial charge in [0.1, 0.15) is 17.9 Å². The Balaban J connectivity index is 1.65. The Hall–Kier alpha value is -3.77. The van der Waals surface area contributed by atoms with Crippen molar-refractivity contribution >= 4 is 23.0 Å². The van der Waals surface area contributed by atoms with E-state index in [0.717, 1.165) is 0 Å². The number of furan rings is 1. The molecular formula is C20H22F2N6O5. The molecular weight excluding hydrogens is 442 g/mol. The Morgan fingerprint density at radius 2 is 2.06 bits per heavy atom. The first kappa shape index (κ1) is 22.4. The largest absolute Gasteiger partial charge is 0.480 e. The molecule has 1 saturated heterocycles. The number of carbonyl (C=O) groups is 1. The molecule has 4 rings (SSSR count). The van der Waals surface area contributed by atoms with Crippen LogP contribution in [0.4, 0.5) is 19.4 Å². The van der Waals surface area contributed by atoms with Gasteiger partial charge < -0.3 is 28.8 Å². The second-order valence-corrected chi connectivity index (χ2v) is 7.64.